The summed E-state index contributed by atoms with van der Waals surface area (Å²) >= 11 is 1.64. The molecule has 5 heteroatoms. The molecule has 3 aromatic rings. The fourth-order valence-corrected chi connectivity index (χ4v) is 3.04. The van der Waals surface area contributed by atoms with Crippen LogP contribution in [0.4, 0.5) is 0 Å². The molecule has 0 fully saturated rings. The van der Waals surface area contributed by atoms with E-state index in [2.05, 4.69) is 5.10 Å². The van der Waals surface area contributed by atoms with Gasteiger partial charge in [0, 0.05) is 22.4 Å². The first-order valence-electron chi connectivity index (χ1n) is 7.28. The largest absolute Gasteiger partial charge is 0.508 e. The third-order valence-corrected chi connectivity index (χ3v) is 4.58. The van der Waals surface area contributed by atoms with Crippen molar-refractivity contribution >= 4 is 11.8 Å². The van der Waals surface area contributed by atoms with Gasteiger partial charge in [0.15, 0.2) is 0 Å². The molecule has 4 nitrogen and oxygen atoms in total. The van der Waals surface area contributed by atoms with Crippen molar-refractivity contribution in [2.24, 2.45) is 7.05 Å². The van der Waals surface area contributed by atoms with E-state index in [0.717, 1.165) is 32.7 Å². The molecule has 1 heterocycles. The van der Waals surface area contributed by atoms with E-state index >= 15 is 0 Å². The molecule has 0 spiro atoms. The van der Waals surface area contributed by atoms with Crippen LogP contribution in [-0.2, 0) is 7.05 Å². The van der Waals surface area contributed by atoms with Crippen LogP contribution in [0.3, 0.4) is 0 Å². The number of nitrogens with zero attached hydrogens (tertiary/aromatic N) is 2. The molecule has 0 unspecified atom stereocenters. The minimum atomic E-state index is 0.278. The van der Waals surface area contributed by atoms with Gasteiger partial charge in [-0.3, -0.25) is 0 Å². The lowest BCUT2D eigenvalue weighted by atomic mass is 10.3. The Labute approximate surface area is 139 Å². The fourth-order valence-electron chi connectivity index (χ4n) is 2.22. The van der Waals surface area contributed by atoms with E-state index < -0.39 is 0 Å². The summed E-state index contributed by atoms with van der Waals surface area (Å²) in [5.41, 5.74) is 2.03. The van der Waals surface area contributed by atoms with Crippen molar-refractivity contribution in [1.82, 2.24) is 9.78 Å². The highest BCUT2D eigenvalue weighted by atomic mass is 32.2. The highest BCUT2D eigenvalue weighted by Crippen LogP contribution is 2.32. The lowest BCUT2D eigenvalue weighted by Crippen LogP contribution is -1.95. The average Bonchev–Trinajstić information content (AvgIpc) is 2.78. The second-order valence-electron chi connectivity index (χ2n) is 5.31. The maximum absolute atomic E-state index is 9.31. The number of ether oxygens (including phenoxy) is 1. The molecule has 23 heavy (non-hydrogen) atoms. The van der Waals surface area contributed by atoms with E-state index in [1.807, 2.05) is 57.3 Å². The van der Waals surface area contributed by atoms with Gasteiger partial charge in [0.2, 0.25) is 5.88 Å². The van der Waals surface area contributed by atoms with Crippen LogP contribution in [0.5, 0.6) is 17.4 Å². The first kappa shape index (κ1) is 15.5. The predicted octanol–water partition coefficient (Wildman–Crippen LogP) is 4.69. The molecule has 0 bridgehead atoms. The lowest BCUT2D eigenvalue weighted by molar-refractivity contribution is 0.427. The van der Waals surface area contributed by atoms with Gasteiger partial charge in [-0.05, 0) is 62.4 Å². The monoisotopic (exact) mass is 326 g/mol. The van der Waals surface area contributed by atoms with Crippen molar-refractivity contribution in [3.8, 4) is 17.4 Å². The first-order chi connectivity index (χ1) is 11.0. The van der Waals surface area contributed by atoms with Crippen LogP contribution in [-0.4, -0.2) is 14.9 Å². The molecule has 0 radical (unpaired) electrons. The van der Waals surface area contributed by atoms with Crippen molar-refractivity contribution in [1.29, 1.82) is 0 Å². The van der Waals surface area contributed by atoms with Crippen LogP contribution >= 0.6 is 11.8 Å². The minimum absolute atomic E-state index is 0.278. The van der Waals surface area contributed by atoms with Crippen LogP contribution < -0.4 is 4.74 Å². The summed E-state index contributed by atoms with van der Waals surface area (Å²) in [5, 5.41) is 13.7. The zero-order valence-electron chi connectivity index (χ0n) is 13.3. The first-order valence-corrected chi connectivity index (χ1v) is 8.09. The molecule has 1 aromatic heterocycles. The average molecular weight is 326 g/mol. The number of aromatic nitrogens is 2. The quantitative estimate of drug-likeness (QED) is 0.756. The molecule has 0 atom stereocenters. The molecular weight excluding hydrogens is 308 g/mol. The number of rotatable bonds is 4. The van der Waals surface area contributed by atoms with Crippen LogP contribution in [0.1, 0.15) is 11.3 Å². The maximum Gasteiger partial charge on any atom is 0.220 e. The Morgan fingerprint density at radius 3 is 2.04 bits per heavy atom. The molecular formula is C18H18N2O2S. The second-order valence-corrected chi connectivity index (χ2v) is 6.46. The maximum atomic E-state index is 9.31. The van der Waals surface area contributed by atoms with E-state index in [1.54, 1.807) is 28.6 Å². The third-order valence-electron chi connectivity index (χ3n) is 3.57. The smallest absolute Gasteiger partial charge is 0.220 e. The van der Waals surface area contributed by atoms with Gasteiger partial charge < -0.3 is 9.84 Å². The van der Waals surface area contributed by atoms with Gasteiger partial charge in [-0.25, -0.2) is 4.68 Å². The molecule has 3 rings (SSSR count). The number of benzene rings is 2. The number of hydrogen-bond acceptors (Lipinski definition) is 4. The Morgan fingerprint density at radius 1 is 0.957 bits per heavy atom. The van der Waals surface area contributed by atoms with Gasteiger partial charge in [0.1, 0.15) is 11.5 Å². The van der Waals surface area contributed by atoms with Gasteiger partial charge in [-0.15, -0.1) is 0 Å². The van der Waals surface area contributed by atoms with Gasteiger partial charge in [-0.1, -0.05) is 11.8 Å². The molecule has 0 aliphatic rings. The van der Waals surface area contributed by atoms with Gasteiger partial charge >= 0.3 is 0 Å². The standard InChI is InChI=1S/C18H18N2O2S/c1-12-13(2)19-20(3)18(12)22-15-6-10-17(11-7-15)23-16-8-4-14(21)5-9-16/h4-11,21H,1-3H3. The van der Waals surface area contributed by atoms with E-state index in [1.165, 1.54) is 0 Å². The summed E-state index contributed by atoms with van der Waals surface area (Å²) in [7, 11) is 1.88. The lowest BCUT2D eigenvalue weighted by Gasteiger charge is -2.08. The Kier molecular flexibility index (Phi) is 4.30. The number of aryl methyl sites for hydroxylation is 2. The Hall–Kier alpha value is -2.40. The summed E-state index contributed by atoms with van der Waals surface area (Å²) in [4.78, 5) is 2.19. The van der Waals surface area contributed by atoms with Crippen molar-refractivity contribution in [3.05, 3.63) is 59.8 Å². The van der Waals surface area contributed by atoms with E-state index in [0.29, 0.717) is 0 Å². The van der Waals surface area contributed by atoms with E-state index in [-0.39, 0.29) is 5.75 Å². The summed E-state index contributed by atoms with van der Waals surface area (Å²) in [5.74, 6) is 1.83. The molecule has 0 saturated carbocycles. The molecule has 118 valence electrons. The topological polar surface area (TPSA) is 47.3 Å². The number of aromatic hydroxyl groups is 1. The molecule has 0 amide bonds. The Bertz CT molecular complexity index is 808. The Balaban J connectivity index is 1.73. The molecule has 0 saturated heterocycles. The molecule has 2 aromatic carbocycles. The normalized spacial score (nSPS) is 10.7. The van der Waals surface area contributed by atoms with Crippen LogP contribution in [0.15, 0.2) is 58.3 Å². The van der Waals surface area contributed by atoms with Crippen LogP contribution in [0.2, 0.25) is 0 Å². The zero-order chi connectivity index (χ0) is 16.4. The summed E-state index contributed by atoms with van der Waals surface area (Å²) in [6, 6.07) is 15.1. The summed E-state index contributed by atoms with van der Waals surface area (Å²) in [6.45, 7) is 3.98. The highest BCUT2D eigenvalue weighted by Gasteiger charge is 2.11. The molecule has 1 N–H and O–H groups in total. The molecule has 0 aliphatic heterocycles. The number of hydrogen-bond donors (Lipinski definition) is 1. The summed E-state index contributed by atoms with van der Waals surface area (Å²) < 4.78 is 7.69. The SMILES string of the molecule is Cc1nn(C)c(Oc2ccc(Sc3ccc(O)cc3)cc2)c1C. The highest BCUT2D eigenvalue weighted by molar-refractivity contribution is 7.99. The van der Waals surface area contributed by atoms with Crippen molar-refractivity contribution in [2.75, 3.05) is 0 Å². The second kappa shape index (κ2) is 6.38. The predicted molar refractivity (Wildman–Crippen MR) is 91.4 cm³/mol. The van der Waals surface area contributed by atoms with E-state index in [9.17, 15) is 5.11 Å². The van der Waals surface area contributed by atoms with Crippen LogP contribution in [0.25, 0.3) is 0 Å². The number of phenolic OH excluding ortho intramolecular Hbond substituents is 1. The van der Waals surface area contributed by atoms with Crippen molar-refractivity contribution in [2.45, 2.75) is 23.6 Å². The fraction of sp³-hybridized carbons (Fsp3) is 0.167. The Morgan fingerprint density at radius 2 is 1.52 bits per heavy atom. The summed E-state index contributed by atoms with van der Waals surface area (Å²) in [6.07, 6.45) is 0. The molecule has 0 aliphatic carbocycles. The zero-order valence-corrected chi connectivity index (χ0v) is 14.1. The van der Waals surface area contributed by atoms with Crippen molar-refractivity contribution < 1.29 is 9.84 Å². The number of phenols is 1. The minimum Gasteiger partial charge on any atom is -0.508 e. The van der Waals surface area contributed by atoms with Crippen LogP contribution in [0, 0.1) is 13.8 Å². The van der Waals surface area contributed by atoms with Gasteiger partial charge in [-0.2, -0.15) is 5.10 Å². The third kappa shape index (κ3) is 3.51. The van der Waals surface area contributed by atoms with E-state index in [4.69, 9.17) is 4.74 Å². The van der Waals surface area contributed by atoms with Gasteiger partial charge in [0.05, 0.1) is 5.69 Å². The van der Waals surface area contributed by atoms with Crippen molar-refractivity contribution in [3.63, 3.8) is 0 Å². The van der Waals surface area contributed by atoms with Gasteiger partial charge in [0.25, 0.3) is 0 Å².